The summed E-state index contributed by atoms with van der Waals surface area (Å²) in [6.45, 7) is 1.05. The largest absolute Gasteiger partial charge is 0.340 e. The fourth-order valence-electron chi connectivity index (χ4n) is 4.45. The van der Waals surface area contributed by atoms with Crippen molar-refractivity contribution in [3.63, 3.8) is 0 Å². The highest BCUT2D eigenvalue weighted by Gasteiger charge is 2.41. The summed E-state index contributed by atoms with van der Waals surface area (Å²) in [5, 5.41) is 0.673. The average molecular weight is 488 g/mol. The van der Waals surface area contributed by atoms with Gasteiger partial charge in [-0.25, -0.2) is 8.78 Å². The van der Waals surface area contributed by atoms with E-state index in [2.05, 4.69) is 0 Å². The average Bonchev–Trinajstić information content (AvgIpc) is 3.37. The van der Waals surface area contributed by atoms with Gasteiger partial charge in [0.15, 0.2) is 5.78 Å². The number of fused-ring (bicyclic) bond motifs is 1. The van der Waals surface area contributed by atoms with Crippen LogP contribution in [0.2, 0.25) is 5.02 Å². The molecule has 1 saturated heterocycles. The van der Waals surface area contributed by atoms with E-state index < -0.39 is 29.8 Å². The van der Waals surface area contributed by atoms with Crippen LogP contribution in [0.5, 0.6) is 0 Å². The number of amides is 2. The number of para-hydroxylation sites is 1. The van der Waals surface area contributed by atoms with E-state index in [1.54, 1.807) is 35.0 Å². The number of likely N-dealkylation sites (N-methyl/N-ethyl adjacent to an activating group) is 1. The van der Waals surface area contributed by atoms with E-state index in [9.17, 15) is 23.2 Å². The normalized spacial score (nSPS) is 17.9. The first-order chi connectivity index (χ1) is 16.2. The number of aromatic nitrogens is 1. The van der Waals surface area contributed by atoms with Gasteiger partial charge in [-0.05, 0) is 19.1 Å². The highest BCUT2D eigenvalue weighted by Crippen LogP contribution is 2.26. The second-order valence-electron chi connectivity index (χ2n) is 8.55. The molecule has 0 spiro atoms. The third-order valence-electron chi connectivity index (χ3n) is 6.14. The molecular formula is C25H24ClF2N3O3. The van der Waals surface area contributed by atoms with Gasteiger partial charge in [0.2, 0.25) is 11.8 Å². The Balaban J connectivity index is 1.54. The molecule has 178 valence electrons. The molecule has 34 heavy (non-hydrogen) atoms. The first-order valence-electron chi connectivity index (χ1n) is 10.9. The number of hydrogen-bond acceptors (Lipinski definition) is 3. The summed E-state index contributed by atoms with van der Waals surface area (Å²) in [5.74, 6) is -1.66. The number of rotatable bonds is 6. The van der Waals surface area contributed by atoms with Gasteiger partial charge in [-0.3, -0.25) is 14.4 Å². The Kier molecular flexibility index (Phi) is 6.70. The number of benzene rings is 2. The summed E-state index contributed by atoms with van der Waals surface area (Å²) in [7, 11) is 1.48. The molecule has 2 aromatic carbocycles. The molecule has 1 aliphatic rings. The Hall–Kier alpha value is -3.26. The van der Waals surface area contributed by atoms with Crippen LogP contribution in [-0.4, -0.2) is 57.8 Å². The smallest absolute Gasteiger partial charge is 0.245 e. The second-order valence-corrected chi connectivity index (χ2v) is 8.95. The van der Waals surface area contributed by atoms with Crippen molar-refractivity contribution in [3.8, 4) is 0 Å². The highest BCUT2D eigenvalue weighted by molar-refractivity contribution is 6.30. The van der Waals surface area contributed by atoms with E-state index in [-0.39, 0.29) is 42.4 Å². The lowest BCUT2D eigenvalue weighted by Crippen LogP contribution is -2.47. The van der Waals surface area contributed by atoms with E-state index in [0.717, 1.165) is 5.39 Å². The predicted octanol–water partition coefficient (Wildman–Crippen LogP) is 4.23. The molecular weight excluding hydrogens is 464 g/mol. The summed E-state index contributed by atoms with van der Waals surface area (Å²) >= 11 is 5.82. The molecule has 0 unspecified atom stereocenters. The summed E-state index contributed by atoms with van der Waals surface area (Å²) in [6, 6.07) is 10.7. The van der Waals surface area contributed by atoms with Crippen molar-refractivity contribution in [2.24, 2.45) is 0 Å². The van der Waals surface area contributed by atoms with Crippen molar-refractivity contribution in [2.45, 2.75) is 38.6 Å². The van der Waals surface area contributed by atoms with Gasteiger partial charge in [-0.1, -0.05) is 41.9 Å². The van der Waals surface area contributed by atoms with Crippen molar-refractivity contribution in [3.05, 3.63) is 70.6 Å². The van der Waals surface area contributed by atoms with Crippen molar-refractivity contribution < 1.29 is 23.2 Å². The van der Waals surface area contributed by atoms with Gasteiger partial charge in [0.05, 0.1) is 11.6 Å². The molecule has 0 bridgehead atoms. The molecule has 1 aromatic heterocycles. The van der Waals surface area contributed by atoms with E-state index >= 15 is 0 Å². The number of carbonyl (C=O) groups is 3. The number of carbonyl (C=O) groups excluding carboxylic acids is 3. The number of halogens is 3. The fraction of sp³-hybridized carbons (Fsp3) is 0.320. The Morgan fingerprint density at radius 1 is 1.15 bits per heavy atom. The van der Waals surface area contributed by atoms with Crippen LogP contribution in [0.25, 0.3) is 10.9 Å². The molecule has 6 nitrogen and oxygen atoms in total. The molecule has 1 aliphatic heterocycles. The summed E-state index contributed by atoms with van der Waals surface area (Å²) in [4.78, 5) is 40.8. The molecule has 2 amide bonds. The number of hydrogen-bond donors (Lipinski definition) is 0. The number of alkyl halides is 1. The number of ketones is 1. The van der Waals surface area contributed by atoms with Crippen LogP contribution in [-0.2, 0) is 22.7 Å². The van der Waals surface area contributed by atoms with E-state index in [4.69, 9.17) is 11.6 Å². The molecule has 2 heterocycles. The third-order valence-corrected chi connectivity index (χ3v) is 6.44. The van der Waals surface area contributed by atoms with Gasteiger partial charge in [-0.15, -0.1) is 0 Å². The molecule has 4 rings (SSSR count). The van der Waals surface area contributed by atoms with Crippen molar-refractivity contribution >= 4 is 40.1 Å². The van der Waals surface area contributed by atoms with Crippen LogP contribution in [0.15, 0.2) is 48.7 Å². The first-order valence-corrected chi connectivity index (χ1v) is 11.3. The lowest BCUT2D eigenvalue weighted by atomic mass is 10.1. The van der Waals surface area contributed by atoms with E-state index in [1.807, 2.05) is 6.07 Å². The van der Waals surface area contributed by atoms with E-state index in [0.29, 0.717) is 11.1 Å². The minimum atomic E-state index is -1.34. The third kappa shape index (κ3) is 4.55. The maximum Gasteiger partial charge on any atom is 0.245 e. The molecule has 9 heteroatoms. The van der Waals surface area contributed by atoms with Crippen LogP contribution >= 0.6 is 11.6 Å². The summed E-state index contributed by atoms with van der Waals surface area (Å²) < 4.78 is 30.3. The van der Waals surface area contributed by atoms with Crippen LogP contribution in [0.4, 0.5) is 8.78 Å². The van der Waals surface area contributed by atoms with Crippen molar-refractivity contribution in [2.75, 3.05) is 13.6 Å². The standard InChI is InChI=1S/C25H24ClF2N3O3/c1-15(32)19-13-30(21-9-4-3-7-18(19)21)14-23(33)31-12-17(27)10-22(31)25(34)29(2)11-16-6-5-8-20(26)24(16)28/h3-9,13,17,22H,10-12,14H2,1-2H3/t17-,22+/m1/s1. The fourth-order valence-corrected chi connectivity index (χ4v) is 4.64. The zero-order valence-corrected chi connectivity index (χ0v) is 19.6. The molecule has 0 N–H and O–H groups in total. The SMILES string of the molecule is CC(=O)c1cn(CC(=O)N2C[C@H](F)C[C@H]2C(=O)N(C)Cc2cccc(Cl)c2F)c2ccccc12. The molecule has 0 saturated carbocycles. The van der Waals surface area contributed by atoms with Gasteiger partial charge < -0.3 is 14.4 Å². The molecule has 2 atom stereocenters. The Morgan fingerprint density at radius 2 is 1.88 bits per heavy atom. The minimum absolute atomic E-state index is 0.0521. The highest BCUT2D eigenvalue weighted by atomic mass is 35.5. The minimum Gasteiger partial charge on any atom is -0.340 e. The second kappa shape index (κ2) is 9.54. The van der Waals surface area contributed by atoms with Crippen LogP contribution in [0.1, 0.15) is 29.3 Å². The maximum absolute atomic E-state index is 14.4. The van der Waals surface area contributed by atoms with Gasteiger partial charge in [0.1, 0.15) is 24.6 Å². The lowest BCUT2D eigenvalue weighted by Gasteiger charge is -2.28. The van der Waals surface area contributed by atoms with Gasteiger partial charge in [-0.2, -0.15) is 0 Å². The Morgan fingerprint density at radius 3 is 2.62 bits per heavy atom. The monoisotopic (exact) mass is 487 g/mol. The van der Waals surface area contributed by atoms with Crippen molar-refractivity contribution in [1.82, 2.24) is 14.4 Å². The molecule has 0 radical (unpaired) electrons. The number of Topliss-reactive ketones (excluding diaryl/α,β-unsaturated/α-hetero) is 1. The molecule has 1 fully saturated rings. The predicted molar refractivity (Wildman–Crippen MR) is 125 cm³/mol. The lowest BCUT2D eigenvalue weighted by molar-refractivity contribution is -0.143. The van der Waals surface area contributed by atoms with E-state index in [1.165, 1.54) is 35.9 Å². The van der Waals surface area contributed by atoms with Crippen LogP contribution < -0.4 is 0 Å². The number of likely N-dealkylation sites (tertiary alicyclic amines) is 1. The summed E-state index contributed by atoms with van der Waals surface area (Å²) in [6.07, 6.45) is 0.139. The Labute approximate surface area is 200 Å². The van der Waals surface area contributed by atoms with Gasteiger partial charge in [0.25, 0.3) is 0 Å². The summed E-state index contributed by atoms with van der Waals surface area (Å²) in [5.41, 5.74) is 1.42. The first kappa shape index (κ1) is 23.9. The zero-order valence-electron chi connectivity index (χ0n) is 18.8. The molecule has 3 aromatic rings. The quantitative estimate of drug-likeness (QED) is 0.489. The van der Waals surface area contributed by atoms with Gasteiger partial charge in [0, 0.05) is 48.2 Å². The Bertz CT molecular complexity index is 1280. The molecule has 0 aliphatic carbocycles. The van der Waals surface area contributed by atoms with Gasteiger partial charge >= 0.3 is 0 Å². The van der Waals surface area contributed by atoms with Crippen LogP contribution in [0.3, 0.4) is 0 Å². The maximum atomic E-state index is 14.4. The van der Waals surface area contributed by atoms with Crippen LogP contribution in [0, 0.1) is 5.82 Å². The topological polar surface area (TPSA) is 62.6 Å². The number of nitrogens with zero attached hydrogens (tertiary/aromatic N) is 3. The van der Waals surface area contributed by atoms with Crippen molar-refractivity contribution in [1.29, 1.82) is 0 Å². The zero-order chi connectivity index (χ0) is 24.6.